The van der Waals surface area contributed by atoms with Crippen molar-refractivity contribution in [3.8, 4) is 28.5 Å². The molecule has 0 radical (unpaired) electrons. The monoisotopic (exact) mass is 452 g/mol. The Labute approximate surface area is 191 Å². The van der Waals surface area contributed by atoms with Gasteiger partial charge >= 0.3 is 0 Å². The predicted molar refractivity (Wildman–Crippen MR) is 123 cm³/mol. The van der Waals surface area contributed by atoms with Crippen LogP contribution < -0.4 is 15.6 Å². The molecule has 2 heterocycles. The van der Waals surface area contributed by atoms with E-state index in [-0.39, 0.29) is 17.4 Å². The Hall–Kier alpha value is -3.19. The van der Waals surface area contributed by atoms with Crippen LogP contribution in [0.25, 0.3) is 22.6 Å². The number of hydrogen-bond acceptors (Lipinski definition) is 5. The molecule has 1 saturated carbocycles. The first-order valence-electron chi connectivity index (χ1n) is 10.7. The van der Waals surface area contributed by atoms with Crippen LogP contribution in [0.1, 0.15) is 32.3 Å². The molecule has 1 fully saturated rings. The highest BCUT2D eigenvalue weighted by atomic mass is 35.5. The van der Waals surface area contributed by atoms with Crippen LogP contribution >= 0.6 is 11.6 Å². The van der Waals surface area contributed by atoms with Crippen LogP contribution in [0.5, 0.6) is 5.88 Å². The van der Waals surface area contributed by atoms with Crippen molar-refractivity contribution < 1.29 is 9.53 Å². The number of amides is 1. The van der Waals surface area contributed by atoms with Crippen molar-refractivity contribution in [2.24, 2.45) is 11.8 Å². The molecule has 2 N–H and O–H groups in total. The normalized spacial score (nSPS) is 13.2. The standard InChI is InChI=1S/C24H25ClN4O3/c1-14(2)24(31)27-11-16-5-7-19(25)18(9-16)23-28-20(10-21(30)29-23)17-6-8-22(26-12-17)32-13-15-3-4-15/h5-10,12,14-15H,3-4,11,13H2,1-2H3,(H,27,31)(H,28,29,30). The lowest BCUT2D eigenvalue weighted by Crippen LogP contribution is -2.27. The Balaban J connectivity index is 1.57. The molecule has 32 heavy (non-hydrogen) atoms. The van der Waals surface area contributed by atoms with Gasteiger partial charge in [-0.2, -0.15) is 0 Å². The minimum atomic E-state index is -0.298. The molecule has 1 aliphatic rings. The molecular weight excluding hydrogens is 428 g/mol. The second kappa shape index (κ2) is 9.53. The van der Waals surface area contributed by atoms with E-state index in [9.17, 15) is 9.59 Å². The van der Waals surface area contributed by atoms with E-state index in [0.717, 1.165) is 5.56 Å². The van der Waals surface area contributed by atoms with Crippen molar-refractivity contribution >= 4 is 17.5 Å². The smallest absolute Gasteiger partial charge is 0.251 e. The van der Waals surface area contributed by atoms with E-state index >= 15 is 0 Å². The van der Waals surface area contributed by atoms with Gasteiger partial charge in [0, 0.05) is 41.9 Å². The molecule has 1 aromatic carbocycles. The van der Waals surface area contributed by atoms with Gasteiger partial charge in [0.1, 0.15) is 5.82 Å². The highest BCUT2D eigenvalue weighted by Crippen LogP contribution is 2.30. The van der Waals surface area contributed by atoms with E-state index < -0.39 is 0 Å². The van der Waals surface area contributed by atoms with Crippen molar-refractivity contribution in [1.82, 2.24) is 20.3 Å². The summed E-state index contributed by atoms with van der Waals surface area (Å²) in [5, 5.41) is 3.33. The molecule has 4 rings (SSSR count). The number of carbonyl (C=O) groups excluding carboxylic acids is 1. The number of pyridine rings is 1. The molecule has 0 atom stereocenters. The molecule has 0 aliphatic heterocycles. The lowest BCUT2D eigenvalue weighted by molar-refractivity contribution is -0.124. The maximum atomic E-state index is 12.4. The molecule has 0 bridgehead atoms. The van der Waals surface area contributed by atoms with Crippen molar-refractivity contribution in [2.75, 3.05) is 6.61 Å². The lowest BCUT2D eigenvalue weighted by atomic mass is 10.1. The summed E-state index contributed by atoms with van der Waals surface area (Å²) in [6, 6.07) is 10.4. The maximum absolute atomic E-state index is 12.4. The number of rotatable bonds is 8. The van der Waals surface area contributed by atoms with Gasteiger partial charge in [-0.05, 0) is 42.5 Å². The highest BCUT2D eigenvalue weighted by molar-refractivity contribution is 6.33. The Bertz CT molecular complexity index is 1170. The predicted octanol–water partition coefficient (Wildman–Crippen LogP) is 4.21. The SMILES string of the molecule is CC(C)C(=O)NCc1ccc(Cl)c(-c2nc(-c3ccc(OCC4CC4)nc3)cc(=O)[nH]2)c1. The van der Waals surface area contributed by atoms with Crippen molar-refractivity contribution in [3.63, 3.8) is 0 Å². The average Bonchev–Trinajstić information content (AvgIpc) is 3.61. The topological polar surface area (TPSA) is 97.0 Å². The van der Waals surface area contributed by atoms with Gasteiger partial charge in [0.2, 0.25) is 11.8 Å². The molecule has 0 spiro atoms. The van der Waals surface area contributed by atoms with Gasteiger partial charge in [0.15, 0.2) is 0 Å². The summed E-state index contributed by atoms with van der Waals surface area (Å²) in [6.07, 6.45) is 4.07. The summed E-state index contributed by atoms with van der Waals surface area (Å²) in [4.78, 5) is 35.9. The lowest BCUT2D eigenvalue weighted by Gasteiger charge is -2.11. The van der Waals surface area contributed by atoms with Gasteiger partial charge in [-0.25, -0.2) is 9.97 Å². The van der Waals surface area contributed by atoms with E-state index in [1.807, 2.05) is 32.0 Å². The largest absolute Gasteiger partial charge is 0.477 e. The summed E-state index contributed by atoms with van der Waals surface area (Å²) in [6.45, 7) is 4.72. The summed E-state index contributed by atoms with van der Waals surface area (Å²) in [5.41, 5.74) is 2.32. The fraction of sp³-hybridized carbons (Fsp3) is 0.333. The third-order valence-corrected chi connectivity index (χ3v) is 5.54. The Morgan fingerprint density at radius 1 is 1.25 bits per heavy atom. The molecule has 3 aromatic rings. The number of carbonyl (C=O) groups is 1. The highest BCUT2D eigenvalue weighted by Gasteiger charge is 2.22. The zero-order valence-corrected chi connectivity index (χ0v) is 18.8. The number of nitrogens with one attached hydrogen (secondary N) is 2. The Morgan fingerprint density at radius 2 is 2.06 bits per heavy atom. The number of hydrogen-bond donors (Lipinski definition) is 2. The molecule has 1 aliphatic carbocycles. The molecule has 1 amide bonds. The van der Waals surface area contributed by atoms with Crippen LogP contribution in [-0.2, 0) is 11.3 Å². The first-order chi connectivity index (χ1) is 15.4. The van der Waals surface area contributed by atoms with Crippen LogP contribution in [0.2, 0.25) is 5.02 Å². The number of benzene rings is 1. The summed E-state index contributed by atoms with van der Waals surface area (Å²) in [7, 11) is 0. The third-order valence-electron chi connectivity index (χ3n) is 5.21. The number of aromatic nitrogens is 3. The Morgan fingerprint density at radius 3 is 2.75 bits per heavy atom. The first-order valence-corrected chi connectivity index (χ1v) is 11.0. The van der Waals surface area contributed by atoms with E-state index in [0.29, 0.717) is 52.6 Å². The first kappa shape index (κ1) is 22.0. The van der Waals surface area contributed by atoms with Crippen LogP contribution in [0.3, 0.4) is 0 Å². The van der Waals surface area contributed by atoms with Crippen LogP contribution in [0, 0.1) is 11.8 Å². The van der Waals surface area contributed by atoms with E-state index in [4.69, 9.17) is 16.3 Å². The maximum Gasteiger partial charge on any atom is 0.251 e. The van der Waals surface area contributed by atoms with Gasteiger partial charge < -0.3 is 15.0 Å². The molecule has 166 valence electrons. The van der Waals surface area contributed by atoms with Gasteiger partial charge in [-0.1, -0.05) is 31.5 Å². The van der Waals surface area contributed by atoms with Crippen molar-refractivity contribution in [3.05, 3.63) is 63.5 Å². The van der Waals surface area contributed by atoms with Gasteiger partial charge in [0.05, 0.1) is 17.3 Å². The number of ether oxygens (including phenoxy) is 1. The van der Waals surface area contributed by atoms with Crippen molar-refractivity contribution in [2.45, 2.75) is 33.2 Å². The van der Waals surface area contributed by atoms with Crippen molar-refractivity contribution in [1.29, 1.82) is 0 Å². The summed E-state index contributed by atoms with van der Waals surface area (Å²) < 4.78 is 5.67. The van der Waals surface area contributed by atoms with Gasteiger partial charge in [0.25, 0.3) is 5.56 Å². The second-order valence-corrected chi connectivity index (χ2v) is 8.71. The number of aromatic amines is 1. The second-order valence-electron chi connectivity index (χ2n) is 8.31. The average molecular weight is 453 g/mol. The number of nitrogens with zero attached hydrogens (tertiary/aromatic N) is 2. The molecule has 0 unspecified atom stereocenters. The van der Waals surface area contributed by atoms with Crippen LogP contribution in [0.4, 0.5) is 0 Å². The fourth-order valence-electron chi connectivity index (χ4n) is 3.10. The number of H-pyrrole nitrogens is 1. The third kappa shape index (κ3) is 5.53. The minimum Gasteiger partial charge on any atom is -0.477 e. The zero-order valence-electron chi connectivity index (χ0n) is 18.0. The van der Waals surface area contributed by atoms with E-state index in [1.165, 1.54) is 18.9 Å². The quantitative estimate of drug-likeness (QED) is 0.533. The minimum absolute atomic E-state index is 0.0351. The number of halogens is 1. The Kier molecular flexibility index (Phi) is 6.55. The van der Waals surface area contributed by atoms with E-state index in [2.05, 4.69) is 20.3 Å². The fourth-order valence-corrected chi connectivity index (χ4v) is 3.30. The molecule has 8 heteroatoms. The summed E-state index contributed by atoms with van der Waals surface area (Å²) >= 11 is 6.40. The van der Waals surface area contributed by atoms with E-state index in [1.54, 1.807) is 18.3 Å². The molecule has 2 aromatic heterocycles. The zero-order chi connectivity index (χ0) is 22.7. The summed E-state index contributed by atoms with van der Waals surface area (Å²) in [5.74, 6) is 1.42. The van der Waals surface area contributed by atoms with Gasteiger partial charge in [-0.15, -0.1) is 0 Å². The molecule has 0 saturated heterocycles. The van der Waals surface area contributed by atoms with Gasteiger partial charge in [-0.3, -0.25) is 9.59 Å². The van der Waals surface area contributed by atoms with Crippen LogP contribution in [-0.4, -0.2) is 27.5 Å². The van der Waals surface area contributed by atoms with Crippen LogP contribution in [0.15, 0.2) is 47.4 Å². The molecular formula is C24H25ClN4O3. The molecule has 7 nitrogen and oxygen atoms in total.